The van der Waals surface area contributed by atoms with Gasteiger partial charge in [-0.3, -0.25) is 9.59 Å². The van der Waals surface area contributed by atoms with Crippen LogP contribution in [0.25, 0.3) is 0 Å². The van der Waals surface area contributed by atoms with E-state index in [2.05, 4.69) is 10.6 Å². The Morgan fingerprint density at radius 3 is 2.56 bits per heavy atom. The smallest absolute Gasteiger partial charge is 0.243 e. The second-order valence-corrected chi connectivity index (χ2v) is 5.74. The lowest BCUT2D eigenvalue weighted by Gasteiger charge is -2.09. The molecule has 2 aromatic rings. The van der Waals surface area contributed by atoms with Crippen LogP contribution in [0.15, 0.2) is 30.3 Å². The Bertz CT molecular complexity index is 889. The highest BCUT2D eigenvalue weighted by molar-refractivity contribution is 5.94. The van der Waals surface area contributed by atoms with Crippen LogP contribution in [0.4, 0.5) is 18.9 Å². The van der Waals surface area contributed by atoms with Crippen LogP contribution in [0.3, 0.4) is 0 Å². The van der Waals surface area contributed by atoms with E-state index in [1.165, 1.54) is 0 Å². The van der Waals surface area contributed by atoms with Crippen LogP contribution in [-0.2, 0) is 16.0 Å². The average Bonchev–Trinajstić information content (AvgIpc) is 3.13. The van der Waals surface area contributed by atoms with Gasteiger partial charge in [0.25, 0.3) is 0 Å². The number of halogens is 3. The van der Waals surface area contributed by atoms with E-state index in [1.807, 2.05) is 0 Å². The molecule has 0 aromatic heterocycles. The first-order valence-corrected chi connectivity index (χ1v) is 8.02. The molecule has 142 valence electrons. The van der Waals surface area contributed by atoms with Crippen LogP contribution in [-0.4, -0.2) is 25.2 Å². The van der Waals surface area contributed by atoms with E-state index in [-0.39, 0.29) is 13.2 Å². The number of ether oxygens (including phenoxy) is 2. The highest BCUT2D eigenvalue weighted by atomic mass is 19.2. The molecule has 2 aromatic carbocycles. The number of nitrogens with one attached hydrogen (secondary N) is 2. The summed E-state index contributed by atoms with van der Waals surface area (Å²) in [6.07, 6.45) is 0.536. The molecule has 0 saturated carbocycles. The van der Waals surface area contributed by atoms with Crippen LogP contribution in [0.1, 0.15) is 12.0 Å². The molecule has 0 spiro atoms. The van der Waals surface area contributed by atoms with Gasteiger partial charge in [0, 0.05) is 6.42 Å². The molecule has 6 nitrogen and oxygen atoms in total. The first kappa shape index (κ1) is 18.6. The maximum absolute atomic E-state index is 13.5. The molecular formula is C18H15F3N2O4. The molecule has 3 rings (SSSR count). The molecule has 0 fully saturated rings. The van der Waals surface area contributed by atoms with Crippen LogP contribution in [0.2, 0.25) is 0 Å². The second-order valence-electron chi connectivity index (χ2n) is 5.74. The van der Waals surface area contributed by atoms with Crippen molar-refractivity contribution in [2.45, 2.75) is 12.8 Å². The van der Waals surface area contributed by atoms with Gasteiger partial charge in [0.05, 0.1) is 12.2 Å². The van der Waals surface area contributed by atoms with Gasteiger partial charge in [-0.25, -0.2) is 13.2 Å². The molecule has 1 heterocycles. The summed E-state index contributed by atoms with van der Waals surface area (Å²) in [6.45, 7) is -0.272. The van der Waals surface area contributed by atoms with Crippen molar-refractivity contribution >= 4 is 17.5 Å². The summed E-state index contributed by atoms with van der Waals surface area (Å²) in [6, 6.07) is 6.91. The van der Waals surface area contributed by atoms with Gasteiger partial charge in [-0.2, -0.15) is 0 Å². The van der Waals surface area contributed by atoms with Crippen LogP contribution in [0, 0.1) is 17.5 Å². The molecular weight excluding hydrogens is 365 g/mol. The quantitative estimate of drug-likeness (QED) is 0.755. The van der Waals surface area contributed by atoms with Crippen molar-refractivity contribution in [3.63, 3.8) is 0 Å². The van der Waals surface area contributed by atoms with Crippen molar-refractivity contribution in [3.05, 3.63) is 53.3 Å². The van der Waals surface area contributed by atoms with Crippen LogP contribution >= 0.6 is 0 Å². The van der Waals surface area contributed by atoms with E-state index < -0.39 is 41.5 Å². The van der Waals surface area contributed by atoms with Gasteiger partial charge < -0.3 is 20.1 Å². The number of hydrogen-bond donors (Lipinski definition) is 2. The Hall–Kier alpha value is -3.23. The first-order chi connectivity index (χ1) is 12.9. The van der Waals surface area contributed by atoms with Gasteiger partial charge in [0.1, 0.15) is 0 Å². The Morgan fingerprint density at radius 2 is 1.74 bits per heavy atom. The second kappa shape index (κ2) is 7.98. The van der Waals surface area contributed by atoms with E-state index >= 15 is 0 Å². The third-order valence-electron chi connectivity index (χ3n) is 3.83. The number of carbonyl (C=O) groups is 2. The van der Waals surface area contributed by atoms with Crippen molar-refractivity contribution < 1.29 is 32.2 Å². The molecule has 2 amide bonds. The molecule has 2 N–H and O–H groups in total. The zero-order valence-electron chi connectivity index (χ0n) is 14.0. The van der Waals surface area contributed by atoms with Crippen molar-refractivity contribution in [1.82, 2.24) is 5.32 Å². The Balaban J connectivity index is 1.45. The molecule has 27 heavy (non-hydrogen) atoms. The molecule has 0 unspecified atom stereocenters. The third kappa shape index (κ3) is 4.49. The average molecular weight is 380 g/mol. The zero-order chi connectivity index (χ0) is 19.4. The fourth-order valence-corrected chi connectivity index (χ4v) is 2.44. The summed E-state index contributed by atoms with van der Waals surface area (Å²) in [5.41, 5.74) is 0.358. The standard InChI is InChI=1S/C18H15F3N2O4/c19-11-3-4-12(18(21)17(11)20)23-16(25)8-22-15(24)6-2-10-1-5-13-14(7-10)27-9-26-13/h1,3-5,7H,2,6,8-9H2,(H,22,24)(H,23,25). The molecule has 0 atom stereocenters. The summed E-state index contributed by atoms with van der Waals surface area (Å²) in [7, 11) is 0. The molecule has 0 saturated heterocycles. The number of carbonyl (C=O) groups excluding carboxylic acids is 2. The minimum atomic E-state index is -1.68. The SMILES string of the molecule is O=C(CCc1ccc2c(c1)OCO2)NCC(=O)Nc1ccc(F)c(F)c1F. The summed E-state index contributed by atoms with van der Waals surface area (Å²) in [5.74, 6) is -4.45. The first-order valence-electron chi connectivity index (χ1n) is 8.02. The number of aryl methyl sites for hydroxylation is 1. The molecule has 0 radical (unpaired) electrons. The summed E-state index contributed by atoms with van der Waals surface area (Å²) >= 11 is 0. The van der Waals surface area contributed by atoms with E-state index in [9.17, 15) is 22.8 Å². The third-order valence-corrected chi connectivity index (χ3v) is 3.83. The zero-order valence-corrected chi connectivity index (χ0v) is 14.0. The fraction of sp³-hybridized carbons (Fsp3) is 0.222. The maximum atomic E-state index is 13.5. The van der Waals surface area contributed by atoms with Crippen molar-refractivity contribution in [3.8, 4) is 11.5 Å². The molecule has 1 aliphatic heterocycles. The normalized spacial score (nSPS) is 12.0. The van der Waals surface area contributed by atoms with Crippen molar-refractivity contribution in [2.75, 3.05) is 18.7 Å². The summed E-state index contributed by atoms with van der Waals surface area (Å²) < 4.78 is 49.9. The van der Waals surface area contributed by atoms with E-state index in [0.717, 1.165) is 11.6 Å². The molecule has 9 heteroatoms. The Labute approximate surface area is 152 Å². The van der Waals surface area contributed by atoms with Crippen molar-refractivity contribution in [1.29, 1.82) is 0 Å². The monoisotopic (exact) mass is 380 g/mol. The number of hydrogen-bond acceptors (Lipinski definition) is 4. The fourth-order valence-electron chi connectivity index (χ4n) is 2.44. The molecule has 0 bridgehead atoms. The largest absolute Gasteiger partial charge is 0.454 e. The lowest BCUT2D eigenvalue weighted by atomic mass is 10.1. The summed E-state index contributed by atoms with van der Waals surface area (Å²) in [4.78, 5) is 23.6. The Morgan fingerprint density at radius 1 is 0.963 bits per heavy atom. The lowest BCUT2D eigenvalue weighted by molar-refractivity contribution is -0.124. The van der Waals surface area contributed by atoms with Crippen molar-refractivity contribution in [2.24, 2.45) is 0 Å². The van der Waals surface area contributed by atoms with E-state index in [4.69, 9.17) is 9.47 Å². The summed E-state index contributed by atoms with van der Waals surface area (Å²) in [5, 5.41) is 4.44. The van der Waals surface area contributed by atoms with Gasteiger partial charge in [-0.1, -0.05) is 6.07 Å². The number of benzene rings is 2. The predicted molar refractivity (Wildman–Crippen MR) is 88.8 cm³/mol. The van der Waals surface area contributed by atoms with E-state index in [0.29, 0.717) is 24.0 Å². The van der Waals surface area contributed by atoms with Gasteiger partial charge in [-0.05, 0) is 36.2 Å². The number of amides is 2. The molecule has 1 aliphatic rings. The predicted octanol–water partition coefficient (Wildman–Crippen LogP) is 2.52. The van der Waals surface area contributed by atoms with Crippen LogP contribution < -0.4 is 20.1 Å². The molecule has 0 aliphatic carbocycles. The van der Waals surface area contributed by atoms with Gasteiger partial charge >= 0.3 is 0 Å². The minimum Gasteiger partial charge on any atom is -0.454 e. The van der Waals surface area contributed by atoms with Crippen LogP contribution in [0.5, 0.6) is 11.5 Å². The number of anilines is 1. The highest BCUT2D eigenvalue weighted by Crippen LogP contribution is 2.32. The van der Waals surface area contributed by atoms with E-state index in [1.54, 1.807) is 18.2 Å². The van der Waals surface area contributed by atoms with Gasteiger partial charge in [0.2, 0.25) is 18.6 Å². The lowest BCUT2D eigenvalue weighted by Crippen LogP contribution is -2.33. The minimum absolute atomic E-state index is 0.118. The number of rotatable bonds is 6. The topological polar surface area (TPSA) is 76.7 Å². The Kier molecular flexibility index (Phi) is 5.49. The number of fused-ring (bicyclic) bond motifs is 1. The van der Waals surface area contributed by atoms with Gasteiger partial charge in [-0.15, -0.1) is 0 Å². The highest BCUT2D eigenvalue weighted by Gasteiger charge is 2.16. The van der Waals surface area contributed by atoms with Gasteiger partial charge in [0.15, 0.2) is 29.0 Å². The maximum Gasteiger partial charge on any atom is 0.243 e.